The minimum absolute atomic E-state index is 0. The van der Waals surface area contributed by atoms with Crippen molar-refractivity contribution in [1.29, 1.82) is 0 Å². The van der Waals surface area contributed by atoms with Crippen LogP contribution in [0.2, 0.25) is 0 Å². The normalized spacial score (nSPS) is 14.2. The number of aliphatic hydroxyl groups excluding tert-OH is 1. The molecule has 1 N–H and O–H groups in total. The van der Waals surface area contributed by atoms with Gasteiger partial charge in [-0.15, -0.1) is 40.6 Å². The predicted molar refractivity (Wildman–Crippen MR) is 104 cm³/mol. The largest absolute Gasteiger partial charge is 1.00 e. The standard InChI is InChI=1S/C21H19O.C2H4.2ClH.Zr/c22-13-5-8-17-14-16-7-2-4-10-19(16)21(17)20-12-11-15-6-1-3-9-18(15)20;1-2;;;/h1-4,6-7,9-12,14,21-22H,5,8,13H2;1H,2H3;2*1H;/q-1;;;;+2/p-2. The van der Waals surface area contributed by atoms with Gasteiger partial charge in [-0.2, -0.15) is 6.07 Å². The van der Waals surface area contributed by atoms with Crippen molar-refractivity contribution in [3.63, 3.8) is 0 Å². The van der Waals surface area contributed by atoms with Crippen molar-refractivity contribution in [1.82, 2.24) is 0 Å². The van der Waals surface area contributed by atoms with Crippen molar-refractivity contribution in [2.45, 2.75) is 25.7 Å². The number of aliphatic hydroxyl groups is 1. The molecule has 0 saturated carbocycles. The van der Waals surface area contributed by atoms with E-state index < -0.39 is 0 Å². The SMILES string of the molecule is C[CH]=[Zr+2].OCCCC1=Cc2ccccc2C1[c-]1ccc2ccccc21.[Cl-].[Cl-]. The zero-order valence-corrected chi connectivity index (χ0v) is 19.3. The molecule has 3 aromatic rings. The van der Waals surface area contributed by atoms with Crippen molar-refractivity contribution in [2.75, 3.05) is 6.61 Å². The van der Waals surface area contributed by atoms with Crippen LogP contribution in [-0.4, -0.2) is 15.4 Å². The summed E-state index contributed by atoms with van der Waals surface area (Å²) < 4.78 is 2.09. The van der Waals surface area contributed by atoms with E-state index in [0.29, 0.717) is 5.92 Å². The Hall–Kier alpha value is -0.917. The summed E-state index contributed by atoms with van der Waals surface area (Å²) in [6.07, 6.45) is 4.10. The van der Waals surface area contributed by atoms with Gasteiger partial charge in [0.2, 0.25) is 0 Å². The van der Waals surface area contributed by atoms with Gasteiger partial charge in [0, 0.05) is 6.61 Å². The second kappa shape index (κ2) is 11.8. The van der Waals surface area contributed by atoms with Crippen molar-refractivity contribution in [3.05, 3.63) is 82.9 Å². The summed E-state index contributed by atoms with van der Waals surface area (Å²) in [5.41, 5.74) is 5.54. The van der Waals surface area contributed by atoms with Gasteiger partial charge in [0.15, 0.2) is 0 Å². The van der Waals surface area contributed by atoms with Crippen LogP contribution in [-0.2, 0) is 24.2 Å². The second-order valence-corrected chi connectivity index (χ2v) is 7.69. The fourth-order valence-corrected chi connectivity index (χ4v) is 3.68. The Balaban J connectivity index is 0.000000686. The molecule has 1 aliphatic carbocycles. The van der Waals surface area contributed by atoms with Crippen LogP contribution in [0.5, 0.6) is 0 Å². The van der Waals surface area contributed by atoms with E-state index in [9.17, 15) is 5.11 Å². The van der Waals surface area contributed by atoms with Gasteiger partial charge < -0.3 is 29.9 Å². The Labute approximate surface area is 189 Å². The molecular formula is C23H23Cl2OZr-. The van der Waals surface area contributed by atoms with Crippen molar-refractivity contribution < 1.29 is 54.2 Å². The number of allylic oxidation sites excluding steroid dienone is 1. The molecule has 0 bridgehead atoms. The molecule has 1 atom stereocenters. The summed E-state index contributed by atoms with van der Waals surface area (Å²) >= 11 is 1.51. The van der Waals surface area contributed by atoms with E-state index in [1.165, 1.54) is 57.3 Å². The van der Waals surface area contributed by atoms with E-state index in [4.69, 9.17) is 0 Å². The minimum atomic E-state index is 0. The summed E-state index contributed by atoms with van der Waals surface area (Å²) in [4.78, 5) is 0. The number of hydrogen-bond donors (Lipinski definition) is 1. The second-order valence-electron chi connectivity index (χ2n) is 6.27. The van der Waals surface area contributed by atoms with Crippen LogP contribution in [0.4, 0.5) is 0 Å². The fraction of sp³-hybridized carbons (Fsp3) is 0.217. The maximum Gasteiger partial charge on any atom is 0.0434 e. The van der Waals surface area contributed by atoms with E-state index in [1.807, 2.05) is 6.92 Å². The average Bonchev–Trinajstić information content (AvgIpc) is 3.21. The monoisotopic (exact) mass is 475 g/mol. The molecule has 0 radical (unpaired) electrons. The third-order valence-corrected chi connectivity index (χ3v) is 4.67. The third kappa shape index (κ3) is 5.33. The summed E-state index contributed by atoms with van der Waals surface area (Å²) in [5.74, 6) is 0.336. The van der Waals surface area contributed by atoms with Crippen molar-refractivity contribution in [3.8, 4) is 0 Å². The number of fused-ring (bicyclic) bond motifs is 2. The van der Waals surface area contributed by atoms with Gasteiger partial charge in [0.25, 0.3) is 0 Å². The first-order valence-electron chi connectivity index (χ1n) is 8.79. The molecule has 4 heteroatoms. The average molecular weight is 478 g/mol. The maximum absolute atomic E-state index is 9.20. The van der Waals surface area contributed by atoms with Crippen molar-refractivity contribution >= 4 is 20.6 Å². The van der Waals surface area contributed by atoms with E-state index in [-0.39, 0.29) is 31.4 Å². The first kappa shape index (κ1) is 24.1. The molecule has 0 amide bonds. The molecule has 0 spiro atoms. The number of hydrogen-bond acceptors (Lipinski definition) is 1. The topological polar surface area (TPSA) is 20.2 Å². The first-order chi connectivity index (χ1) is 12.3. The zero-order valence-electron chi connectivity index (χ0n) is 15.3. The predicted octanol–water partition coefficient (Wildman–Crippen LogP) is -0.777. The Morgan fingerprint density at radius 2 is 1.70 bits per heavy atom. The van der Waals surface area contributed by atoms with Gasteiger partial charge in [0.1, 0.15) is 0 Å². The van der Waals surface area contributed by atoms with Gasteiger partial charge in [-0.05, 0) is 29.9 Å². The number of rotatable bonds is 4. The molecule has 0 saturated heterocycles. The molecule has 3 aromatic carbocycles. The molecule has 27 heavy (non-hydrogen) atoms. The quantitative estimate of drug-likeness (QED) is 0.490. The molecule has 1 unspecified atom stereocenters. The van der Waals surface area contributed by atoms with E-state index in [0.717, 1.165) is 12.8 Å². The van der Waals surface area contributed by atoms with E-state index in [1.54, 1.807) is 0 Å². The van der Waals surface area contributed by atoms with Crippen LogP contribution in [0.3, 0.4) is 0 Å². The molecule has 0 aliphatic heterocycles. The summed E-state index contributed by atoms with van der Waals surface area (Å²) in [6, 6.07) is 21.8. The molecule has 1 nitrogen and oxygen atoms in total. The summed E-state index contributed by atoms with van der Waals surface area (Å²) in [7, 11) is 0. The Morgan fingerprint density at radius 1 is 1.04 bits per heavy atom. The Kier molecular flexibility index (Phi) is 10.6. The van der Waals surface area contributed by atoms with Crippen molar-refractivity contribution in [2.24, 2.45) is 0 Å². The molecular weight excluding hydrogens is 454 g/mol. The molecule has 0 fully saturated rings. The van der Waals surface area contributed by atoms with Crippen LogP contribution in [0.25, 0.3) is 16.8 Å². The minimum Gasteiger partial charge on any atom is -1.00 e. The molecule has 4 rings (SSSR count). The van der Waals surface area contributed by atoms with Gasteiger partial charge in [-0.3, -0.25) is 0 Å². The molecule has 0 heterocycles. The van der Waals surface area contributed by atoms with Crippen LogP contribution in [0.15, 0.2) is 66.2 Å². The first-order valence-corrected chi connectivity index (χ1v) is 10.2. The Bertz CT molecular complexity index is 898. The smallest absolute Gasteiger partial charge is 0.0434 e. The summed E-state index contributed by atoms with van der Waals surface area (Å²) in [6.45, 7) is 2.29. The van der Waals surface area contributed by atoms with Crippen LogP contribution >= 0.6 is 0 Å². The molecule has 1 aliphatic rings. The zero-order chi connectivity index (χ0) is 17.6. The molecule has 140 valence electrons. The summed E-state index contributed by atoms with van der Waals surface area (Å²) in [5, 5.41) is 11.9. The Morgan fingerprint density at radius 3 is 2.44 bits per heavy atom. The van der Waals surface area contributed by atoms with E-state index >= 15 is 0 Å². The van der Waals surface area contributed by atoms with Gasteiger partial charge in [-0.1, -0.05) is 42.0 Å². The van der Waals surface area contributed by atoms with Crippen LogP contribution in [0, 0.1) is 0 Å². The van der Waals surface area contributed by atoms with E-state index in [2.05, 4.69) is 70.4 Å². The van der Waals surface area contributed by atoms with Gasteiger partial charge in [0.05, 0.1) is 0 Å². The third-order valence-electron chi connectivity index (χ3n) is 4.67. The molecule has 0 aromatic heterocycles. The number of benzene rings is 2. The van der Waals surface area contributed by atoms with Crippen LogP contribution < -0.4 is 24.8 Å². The maximum atomic E-state index is 9.20. The van der Waals surface area contributed by atoms with Gasteiger partial charge in [-0.25, -0.2) is 0 Å². The van der Waals surface area contributed by atoms with Gasteiger partial charge >= 0.3 is 34.9 Å². The fourth-order valence-electron chi connectivity index (χ4n) is 3.68. The van der Waals surface area contributed by atoms with Crippen LogP contribution in [0.1, 0.15) is 42.4 Å². The number of halogens is 2.